The SMILES string of the molecule is CCO[Si](CCCNC(=O)OCc1ccc2ccc3ccccc3c2c1)(OCC)OCC. The summed E-state index contributed by atoms with van der Waals surface area (Å²) in [5.74, 6) is 0. The number of ether oxygens (including phenoxy) is 1. The van der Waals surface area contributed by atoms with Crippen LogP contribution in [0.3, 0.4) is 0 Å². The van der Waals surface area contributed by atoms with Crippen molar-refractivity contribution in [3.63, 3.8) is 0 Å². The number of benzene rings is 3. The lowest BCUT2D eigenvalue weighted by Gasteiger charge is -2.28. The molecule has 1 amide bonds. The molecule has 0 bridgehead atoms. The molecule has 0 spiro atoms. The van der Waals surface area contributed by atoms with Gasteiger partial charge in [0.1, 0.15) is 6.61 Å². The number of hydrogen-bond donors (Lipinski definition) is 1. The molecule has 0 unspecified atom stereocenters. The Hall–Kier alpha value is -2.45. The second kappa shape index (κ2) is 12.0. The minimum atomic E-state index is -2.68. The van der Waals surface area contributed by atoms with Crippen LogP contribution in [0.4, 0.5) is 4.79 Å². The summed E-state index contributed by atoms with van der Waals surface area (Å²) in [5.41, 5.74) is 0.958. The average Bonchev–Trinajstić information content (AvgIpc) is 2.81. The van der Waals surface area contributed by atoms with Crippen molar-refractivity contribution in [1.29, 1.82) is 0 Å². The standard InChI is InChI=1S/C25H33NO5Si/c1-4-29-32(30-5-2,31-6-3)17-9-16-26-25(27)28-19-20-12-13-22-15-14-21-10-7-8-11-23(21)24(22)18-20/h7-8,10-15,18H,4-6,9,16-17,19H2,1-3H3,(H,26,27). The molecule has 0 saturated carbocycles. The van der Waals surface area contributed by atoms with Gasteiger partial charge in [0.05, 0.1) is 0 Å². The lowest BCUT2D eigenvalue weighted by molar-refractivity contribution is 0.0706. The zero-order valence-electron chi connectivity index (χ0n) is 19.2. The molecule has 3 aromatic carbocycles. The van der Waals surface area contributed by atoms with Crippen LogP contribution in [0.2, 0.25) is 6.04 Å². The summed E-state index contributed by atoms with van der Waals surface area (Å²) in [4.78, 5) is 12.2. The van der Waals surface area contributed by atoms with Crippen LogP contribution in [-0.4, -0.2) is 41.3 Å². The highest BCUT2D eigenvalue weighted by molar-refractivity contribution is 6.60. The Morgan fingerprint density at radius 1 is 0.844 bits per heavy atom. The second-order valence-corrected chi connectivity index (χ2v) is 10.2. The van der Waals surface area contributed by atoms with E-state index in [-0.39, 0.29) is 6.61 Å². The van der Waals surface area contributed by atoms with Gasteiger partial charge in [0.25, 0.3) is 0 Å². The van der Waals surface area contributed by atoms with Gasteiger partial charge < -0.3 is 23.3 Å². The van der Waals surface area contributed by atoms with E-state index < -0.39 is 14.9 Å². The molecular weight excluding hydrogens is 422 g/mol. The van der Waals surface area contributed by atoms with Crippen molar-refractivity contribution in [3.8, 4) is 0 Å². The first-order chi connectivity index (χ1) is 15.6. The minimum absolute atomic E-state index is 0.223. The van der Waals surface area contributed by atoms with E-state index >= 15 is 0 Å². The number of amides is 1. The third-order valence-corrected chi connectivity index (χ3v) is 8.35. The van der Waals surface area contributed by atoms with Crippen LogP contribution in [0.5, 0.6) is 0 Å². The van der Waals surface area contributed by atoms with E-state index in [1.807, 2.05) is 39.0 Å². The highest BCUT2D eigenvalue weighted by atomic mass is 28.4. The van der Waals surface area contributed by atoms with Gasteiger partial charge in [-0.25, -0.2) is 4.79 Å². The number of nitrogens with one attached hydrogen (secondary N) is 1. The Labute approximate surface area is 191 Å². The van der Waals surface area contributed by atoms with Gasteiger partial charge in [0.2, 0.25) is 0 Å². The van der Waals surface area contributed by atoms with Gasteiger partial charge in [0.15, 0.2) is 0 Å². The Morgan fingerprint density at radius 2 is 1.47 bits per heavy atom. The van der Waals surface area contributed by atoms with E-state index in [4.69, 9.17) is 18.0 Å². The number of rotatable bonds is 12. The Morgan fingerprint density at radius 3 is 2.16 bits per heavy atom. The van der Waals surface area contributed by atoms with Gasteiger partial charge >= 0.3 is 14.9 Å². The molecule has 32 heavy (non-hydrogen) atoms. The van der Waals surface area contributed by atoms with Gasteiger partial charge in [-0.3, -0.25) is 0 Å². The second-order valence-electron chi connectivity index (χ2n) is 7.43. The first-order valence-corrected chi connectivity index (χ1v) is 13.3. The predicted molar refractivity (Wildman–Crippen MR) is 130 cm³/mol. The van der Waals surface area contributed by atoms with Crippen molar-refractivity contribution < 1.29 is 22.8 Å². The number of hydrogen-bond acceptors (Lipinski definition) is 5. The molecule has 0 radical (unpaired) electrons. The van der Waals surface area contributed by atoms with Gasteiger partial charge in [-0.2, -0.15) is 0 Å². The molecule has 7 heteroatoms. The van der Waals surface area contributed by atoms with E-state index in [1.165, 1.54) is 16.2 Å². The smallest absolute Gasteiger partial charge is 0.445 e. The van der Waals surface area contributed by atoms with Gasteiger partial charge in [-0.05, 0) is 60.4 Å². The maximum Gasteiger partial charge on any atom is 0.500 e. The van der Waals surface area contributed by atoms with Gasteiger partial charge in [0, 0.05) is 32.4 Å². The van der Waals surface area contributed by atoms with Crippen LogP contribution in [0.15, 0.2) is 54.6 Å². The first-order valence-electron chi connectivity index (χ1n) is 11.3. The van der Waals surface area contributed by atoms with Crippen LogP contribution in [0, 0.1) is 0 Å². The molecule has 1 N–H and O–H groups in total. The third-order valence-electron chi connectivity index (χ3n) is 5.20. The van der Waals surface area contributed by atoms with Crippen LogP contribution in [-0.2, 0) is 24.6 Å². The molecule has 3 rings (SSSR count). The molecule has 0 saturated heterocycles. The number of fused-ring (bicyclic) bond motifs is 3. The molecule has 0 aliphatic rings. The lowest BCUT2D eigenvalue weighted by Crippen LogP contribution is -2.46. The van der Waals surface area contributed by atoms with E-state index in [1.54, 1.807) is 0 Å². The van der Waals surface area contributed by atoms with Crippen molar-refractivity contribution in [2.75, 3.05) is 26.4 Å². The van der Waals surface area contributed by atoms with E-state index in [0.29, 0.717) is 38.8 Å². The molecular formula is C25H33NO5Si. The molecule has 0 aliphatic heterocycles. The van der Waals surface area contributed by atoms with Crippen LogP contribution in [0.1, 0.15) is 32.8 Å². The predicted octanol–water partition coefficient (Wildman–Crippen LogP) is 5.66. The summed E-state index contributed by atoms with van der Waals surface area (Å²) < 4.78 is 22.9. The summed E-state index contributed by atoms with van der Waals surface area (Å²) >= 11 is 0. The monoisotopic (exact) mass is 455 g/mol. The van der Waals surface area contributed by atoms with Crippen LogP contribution < -0.4 is 5.32 Å². The number of carbonyl (C=O) groups excluding carboxylic acids is 1. The largest absolute Gasteiger partial charge is 0.500 e. The van der Waals surface area contributed by atoms with Crippen molar-refractivity contribution in [1.82, 2.24) is 5.32 Å². The topological polar surface area (TPSA) is 66.0 Å². The Balaban J connectivity index is 1.51. The van der Waals surface area contributed by atoms with Gasteiger partial charge in [-0.15, -0.1) is 0 Å². The maximum atomic E-state index is 12.2. The quantitative estimate of drug-likeness (QED) is 0.217. The average molecular weight is 456 g/mol. The van der Waals surface area contributed by atoms with Crippen molar-refractivity contribution >= 4 is 36.4 Å². The first kappa shape index (κ1) is 24.2. The zero-order valence-corrected chi connectivity index (χ0v) is 20.2. The molecule has 3 aromatic rings. The molecule has 0 heterocycles. The summed E-state index contributed by atoms with van der Waals surface area (Å²) in [6.07, 6.45) is 0.267. The number of carbonyl (C=O) groups is 1. The highest BCUT2D eigenvalue weighted by Gasteiger charge is 2.39. The van der Waals surface area contributed by atoms with E-state index in [2.05, 4.69) is 41.7 Å². The fourth-order valence-corrected chi connectivity index (χ4v) is 6.45. The van der Waals surface area contributed by atoms with Crippen LogP contribution >= 0.6 is 0 Å². The van der Waals surface area contributed by atoms with E-state index in [0.717, 1.165) is 10.9 Å². The normalized spacial score (nSPS) is 11.7. The fourth-order valence-electron chi connectivity index (χ4n) is 3.84. The summed E-state index contributed by atoms with van der Waals surface area (Å²) in [6, 6.07) is 19.4. The maximum absolute atomic E-state index is 12.2. The van der Waals surface area contributed by atoms with Crippen LogP contribution in [0.25, 0.3) is 21.5 Å². The molecule has 6 nitrogen and oxygen atoms in total. The molecule has 172 valence electrons. The fraction of sp³-hybridized carbons (Fsp3) is 0.400. The van der Waals surface area contributed by atoms with E-state index in [9.17, 15) is 4.79 Å². The summed E-state index contributed by atoms with van der Waals surface area (Å²) in [7, 11) is -2.68. The number of alkyl carbamates (subject to hydrolysis) is 1. The highest BCUT2D eigenvalue weighted by Crippen LogP contribution is 2.26. The summed E-state index contributed by atoms with van der Waals surface area (Å²) in [6.45, 7) is 8.14. The molecule has 0 aliphatic carbocycles. The summed E-state index contributed by atoms with van der Waals surface area (Å²) in [5, 5.41) is 7.53. The van der Waals surface area contributed by atoms with Gasteiger partial charge in [-0.1, -0.05) is 48.5 Å². The molecule has 0 fully saturated rings. The third kappa shape index (κ3) is 6.29. The lowest BCUT2D eigenvalue weighted by atomic mass is 10.0. The minimum Gasteiger partial charge on any atom is -0.445 e. The van der Waals surface area contributed by atoms with Crippen molar-refractivity contribution in [2.45, 2.75) is 39.8 Å². The zero-order chi connectivity index (χ0) is 22.8. The van der Waals surface area contributed by atoms with Crippen molar-refractivity contribution in [2.24, 2.45) is 0 Å². The van der Waals surface area contributed by atoms with Crippen molar-refractivity contribution in [3.05, 3.63) is 60.2 Å². The Bertz CT molecular complexity index is 1010. The molecule has 0 atom stereocenters. The Kier molecular flexibility index (Phi) is 9.05. The molecule has 0 aromatic heterocycles.